The van der Waals surface area contributed by atoms with E-state index < -0.39 is 0 Å². The highest BCUT2D eigenvalue weighted by Crippen LogP contribution is 2.39. The summed E-state index contributed by atoms with van der Waals surface area (Å²) in [5, 5.41) is 6.50. The lowest BCUT2D eigenvalue weighted by Gasteiger charge is -2.21. The molecule has 2 heterocycles. The molecule has 6 aromatic carbocycles. The highest BCUT2D eigenvalue weighted by Gasteiger charge is 2.19. The number of para-hydroxylation sites is 3. The molecule has 0 bridgehead atoms. The second kappa shape index (κ2) is 11.4. The van der Waals surface area contributed by atoms with Gasteiger partial charge in [-0.25, -0.2) is 0 Å². The summed E-state index contributed by atoms with van der Waals surface area (Å²) in [5.41, 5.74) is 12.6. The van der Waals surface area contributed by atoms with Gasteiger partial charge in [-0.1, -0.05) is 127 Å². The predicted molar refractivity (Wildman–Crippen MR) is 206 cm³/mol. The van der Waals surface area contributed by atoms with Crippen molar-refractivity contribution in [3.05, 3.63) is 175 Å². The van der Waals surface area contributed by atoms with Crippen molar-refractivity contribution < 1.29 is 0 Å². The van der Waals surface area contributed by atoms with E-state index in [1.165, 1.54) is 82.7 Å². The molecule has 0 saturated heterocycles. The molecule has 2 heteroatoms. The molecule has 0 spiro atoms. The topological polar surface area (TPSA) is 9.86 Å². The Kier molecular flexibility index (Phi) is 6.76. The standard InChI is InChI=1S/C46H36N2/c1-3-12-43-31(2)36-13-4-7-20-44(36)47(43)34-27-23-32(24-28-34)37-16-10-19-40-38(17-11-18-39(37)40)33-25-29-35(30-26-33)48-45-21-8-5-14-41(45)42-15-6-9-22-46(42)48/h3-29,35H,30H2,1-2H3/b12-3-. The average Bonchev–Trinajstić information content (AvgIpc) is 3.63. The van der Waals surface area contributed by atoms with Crippen molar-refractivity contribution in [2.45, 2.75) is 26.3 Å². The quantitative estimate of drug-likeness (QED) is 0.182. The fourth-order valence-electron chi connectivity index (χ4n) is 7.97. The number of rotatable bonds is 5. The highest BCUT2D eigenvalue weighted by atomic mass is 15.0. The van der Waals surface area contributed by atoms with Crippen LogP contribution >= 0.6 is 0 Å². The van der Waals surface area contributed by atoms with Crippen LogP contribution < -0.4 is 0 Å². The molecule has 1 atom stereocenters. The molecular weight excluding hydrogens is 581 g/mol. The summed E-state index contributed by atoms with van der Waals surface area (Å²) in [5.74, 6) is 0. The number of allylic oxidation sites excluding steroid dienone is 5. The Hall–Kier alpha value is -5.86. The van der Waals surface area contributed by atoms with E-state index in [2.05, 4.69) is 187 Å². The number of fused-ring (bicyclic) bond motifs is 5. The van der Waals surface area contributed by atoms with Gasteiger partial charge in [-0.15, -0.1) is 0 Å². The summed E-state index contributed by atoms with van der Waals surface area (Å²) in [6.07, 6.45) is 12.4. The number of aryl methyl sites for hydroxylation is 1. The number of hydrogen-bond acceptors (Lipinski definition) is 0. The minimum absolute atomic E-state index is 0.275. The van der Waals surface area contributed by atoms with Crippen LogP contribution in [0.3, 0.4) is 0 Å². The number of benzene rings is 6. The first-order valence-corrected chi connectivity index (χ1v) is 16.9. The van der Waals surface area contributed by atoms with Crippen LogP contribution in [0.2, 0.25) is 0 Å². The molecule has 1 aliphatic carbocycles. The third kappa shape index (κ3) is 4.41. The number of aromatic nitrogens is 2. The maximum atomic E-state index is 2.51. The summed E-state index contributed by atoms with van der Waals surface area (Å²) in [6, 6.07) is 49.1. The normalized spacial score (nSPS) is 15.0. The third-order valence-corrected chi connectivity index (χ3v) is 10.2. The molecule has 1 aliphatic rings. The van der Waals surface area contributed by atoms with Gasteiger partial charge in [-0.2, -0.15) is 0 Å². The molecule has 230 valence electrons. The van der Waals surface area contributed by atoms with E-state index in [1.54, 1.807) is 0 Å². The minimum atomic E-state index is 0.275. The molecule has 0 amide bonds. The first kappa shape index (κ1) is 28.4. The van der Waals surface area contributed by atoms with Crippen molar-refractivity contribution in [2.75, 3.05) is 0 Å². The Morgan fingerprint density at radius 3 is 1.81 bits per heavy atom. The van der Waals surface area contributed by atoms with Crippen LogP contribution in [0.25, 0.3) is 71.9 Å². The Balaban J connectivity index is 1.07. The molecule has 1 unspecified atom stereocenters. The molecule has 0 N–H and O–H groups in total. The van der Waals surface area contributed by atoms with Gasteiger partial charge in [0.2, 0.25) is 0 Å². The lowest BCUT2D eigenvalue weighted by molar-refractivity contribution is 0.649. The molecule has 8 aromatic rings. The first-order valence-electron chi connectivity index (χ1n) is 16.9. The molecular formula is C46H36N2. The summed E-state index contributed by atoms with van der Waals surface area (Å²) < 4.78 is 4.89. The Labute approximate surface area is 281 Å². The van der Waals surface area contributed by atoms with E-state index in [0.717, 1.165) is 6.42 Å². The molecule has 0 fully saturated rings. The second-order valence-electron chi connectivity index (χ2n) is 12.8. The van der Waals surface area contributed by atoms with Crippen molar-refractivity contribution in [1.29, 1.82) is 0 Å². The predicted octanol–water partition coefficient (Wildman–Crippen LogP) is 12.5. The van der Waals surface area contributed by atoms with Gasteiger partial charge in [0.1, 0.15) is 0 Å². The van der Waals surface area contributed by atoms with E-state index >= 15 is 0 Å². The molecule has 48 heavy (non-hydrogen) atoms. The van der Waals surface area contributed by atoms with Crippen molar-refractivity contribution in [3.8, 4) is 16.8 Å². The summed E-state index contributed by atoms with van der Waals surface area (Å²) in [6.45, 7) is 4.31. The Morgan fingerprint density at radius 2 is 1.17 bits per heavy atom. The van der Waals surface area contributed by atoms with E-state index in [9.17, 15) is 0 Å². The van der Waals surface area contributed by atoms with Gasteiger partial charge in [0.05, 0.1) is 11.6 Å². The minimum Gasteiger partial charge on any atom is -0.333 e. The van der Waals surface area contributed by atoms with Crippen LogP contribution in [-0.2, 0) is 0 Å². The van der Waals surface area contributed by atoms with Crippen molar-refractivity contribution in [2.24, 2.45) is 0 Å². The van der Waals surface area contributed by atoms with Crippen LogP contribution in [0.1, 0.15) is 36.2 Å². The fourth-order valence-corrected chi connectivity index (χ4v) is 7.97. The van der Waals surface area contributed by atoms with Gasteiger partial charge in [0.15, 0.2) is 0 Å². The Bertz CT molecular complexity index is 2550. The van der Waals surface area contributed by atoms with Gasteiger partial charge in [-0.3, -0.25) is 0 Å². The van der Waals surface area contributed by atoms with Crippen LogP contribution in [-0.4, -0.2) is 9.13 Å². The zero-order valence-electron chi connectivity index (χ0n) is 27.3. The summed E-state index contributed by atoms with van der Waals surface area (Å²) in [7, 11) is 0. The maximum absolute atomic E-state index is 2.51. The molecule has 2 nitrogen and oxygen atoms in total. The largest absolute Gasteiger partial charge is 0.333 e. The second-order valence-corrected chi connectivity index (χ2v) is 12.8. The van der Waals surface area contributed by atoms with Crippen molar-refractivity contribution >= 4 is 55.1 Å². The van der Waals surface area contributed by atoms with Crippen LogP contribution in [0, 0.1) is 6.92 Å². The fraction of sp³-hybridized carbons (Fsp3) is 0.0870. The van der Waals surface area contributed by atoms with Crippen molar-refractivity contribution in [3.63, 3.8) is 0 Å². The van der Waals surface area contributed by atoms with Gasteiger partial charge in [0.25, 0.3) is 0 Å². The number of hydrogen-bond donors (Lipinski definition) is 0. The van der Waals surface area contributed by atoms with Gasteiger partial charge < -0.3 is 9.13 Å². The van der Waals surface area contributed by atoms with Gasteiger partial charge in [0, 0.05) is 38.6 Å². The molecule has 0 saturated carbocycles. The lowest BCUT2D eigenvalue weighted by atomic mass is 9.90. The zero-order valence-corrected chi connectivity index (χ0v) is 27.3. The molecule has 0 radical (unpaired) electrons. The van der Waals surface area contributed by atoms with Crippen LogP contribution in [0.15, 0.2) is 158 Å². The average molecular weight is 617 g/mol. The molecule has 2 aromatic heterocycles. The van der Waals surface area contributed by atoms with Crippen molar-refractivity contribution in [1.82, 2.24) is 9.13 Å². The first-order chi connectivity index (χ1) is 23.7. The van der Waals surface area contributed by atoms with Gasteiger partial charge >= 0.3 is 0 Å². The highest BCUT2D eigenvalue weighted by molar-refractivity contribution is 6.08. The molecule has 9 rings (SSSR count). The third-order valence-electron chi connectivity index (χ3n) is 10.2. The van der Waals surface area contributed by atoms with E-state index in [-0.39, 0.29) is 6.04 Å². The van der Waals surface area contributed by atoms with E-state index in [1.807, 2.05) is 0 Å². The van der Waals surface area contributed by atoms with Gasteiger partial charge in [-0.05, 0) is 95.3 Å². The monoisotopic (exact) mass is 616 g/mol. The summed E-state index contributed by atoms with van der Waals surface area (Å²) >= 11 is 0. The SMILES string of the molecule is C/C=C\c1c(C)c2ccccc2n1-c1ccc(-c2cccc3c(C4=CCC(n5c6ccccc6c6ccccc65)C=C4)cccc23)cc1. The van der Waals surface area contributed by atoms with Crippen LogP contribution in [0.4, 0.5) is 0 Å². The number of nitrogens with zero attached hydrogens (tertiary/aromatic N) is 2. The maximum Gasteiger partial charge on any atom is 0.0560 e. The zero-order chi connectivity index (χ0) is 32.2. The lowest BCUT2D eigenvalue weighted by Crippen LogP contribution is -2.08. The summed E-state index contributed by atoms with van der Waals surface area (Å²) in [4.78, 5) is 0. The smallest absolute Gasteiger partial charge is 0.0560 e. The molecule has 0 aliphatic heterocycles. The van der Waals surface area contributed by atoms with E-state index in [0.29, 0.717) is 0 Å². The Morgan fingerprint density at radius 1 is 0.583 bits per heavy atom. The van der Waals surface area contributed by atoms with Crippen LogP contribution in [0.5, 0.6) is 0 Å². The van der Waals surface area contributed by atoms with E-state index in [4.69, 9.17) is 0 Å².